The van der Waals surface area contributed by atoms with Crippen LogP contribution in [0.3, 0.4) is 0 Å². The Bertz CT molecular complexity index is 626. The summed E-state index contributed by atoms with van der Waals surface area (Å²) in [5.41, 5.74) is 0. The third-order valence-corrected chi connectivity index (χ3v) is 5.74. The molecule has 1 N–H and O–H groups in total. The molecule has 1 aliphatic rings. The van der Waals surface area contributed by atoms with Crippen LogP contribution in [0.2, 0.25) is 10.0 Å². The van der Waals surface area contributed by atoms with Gasteiger partial charge < -0.3 is 5.32 Å². The third kappa shape index (κ3) is 5.04. The van der Waals surface area contributed by atoms with Gasteiger partial charge >= 0.3 is 0 Å². The molecular weight excluding hydrogens is 379 g/mol. The maximum Gasteiger partial charge on any atom is 0.288 e. The van der Waals surface area contributed by atoms with Crippen molar-refractivity contribution in [1.29, 1.82) is 0 Å². The van der Waals surface area contributed by atoms with Crippen molar-refractivity contribution in [2.75, 3.05) is 18.8 Å². The van der Waals surface area contributed by atoms with E-state index in [0.717, 1.165) is 21.6 Å². The number of carbonyl (C=O) groups is 3. The van der Waals surface area contributed by atoms with Crippen LogP contribution in [0.15, 0.2) is 23.1 Å². The molecule has 3 amide bonds. The second-order valence-electron chi connectivity index (χ2n) is 4.73. The SMILES string of the molecule is C[C@@H](Sc1cc(Cl)ccc1Cl)C(=O)NCCN1C(=O)CSC1=O. The van der Waals surface area contributed by atoms with Crippen molar-refractivity contribution >= 4 is 63.8 Å². The quantitative estimate of drug-likeness (QED) is 0.752. The fourth-order valence-corrected chi connectivity index (χ4v) is 4.03. The van der Waals surface area contributed by atoms with Crippen molar-refractivity contribution in [3.05, 3.63) is 28.2 Å². The maximum atomic E-state index is 12.1. The number of nitrogens with zero attached hydrogens (tertiary/aromatic N) is 1. The highest BCUT2D eigenvalue weighted by molar-refractivity contribution is 8.14. The molecule has 0 aliphatic carbocycles. The van der Waals surface area contributed by atoms with Gasteiger partial charge in [0.1, 0.15) is 0 Å². The van der Waals surface area contributed by atoms with E-state index in [1.54, 1.807) is 25.1 Å². The molecule has 1 fully saturated rings. The number of imide groups is 1. The standard InChI is InChI=1S/C14H14Cl2N2O3S2/c1-8(23-11-6-9(15)2-3-10(11)16)13(20)17-4-5-18-12(19)7-22-14(18)21/h2-3,6,8H,4-5,7H2,1H3,(H,17,20)/t8-/m1/s1. The smallest absolute Gasteiger partial charge is 0.288 e. The van der Waals surface area contributed by atoms with E-state index in [-0.39, 0.29) is 41.1 Å². The van der Waals surface area contributed by atoms with Crippen LogP contribution in [-0.2, 0) is 9.59 Å². The Kier molecular flexibility index (Phi) is 6.64. The monoisotopic (exact) mass is 392 g/mol. The maximum absolute atomic E-state index is 12.1. The van der Waals surface area contributed by atoms with Gasteiger partial charge in [0.25, 0.3) is 5.24 Å². The number of hydrogen-bond donors (Lipinski definition) is 1. The summed E-state index contributed by atoms with van der Waals surface area (Å²) in [5, 5.41) is 3.14. The molecule has 0 spiro atoms. The van der Waals surface area contributed by atoms with E-state index in [2.05, 4.69) is 5.32 Å². The molecule has 0 unspecified atom stereocenters. The minimum absolute atomic E-state index is 0.173. The molecule has 0 radical (unpaired) electrons. The van der Waals surface area contributed by atoms with Crippen molar-refractivity contribution in [3.63, 3.8) is 0 Å². The summed E-state index contributed by atoms with van der Waals surface area (Å²) in [5.74, 6) is -0.244. The van der Waals surface area contributed by atoms with Gasteiger partial charge in [0, 0.05) is 23.0 Å². The van der Waals surface area contributed by atoms with Gasteiger partial charge in [0.15, 0.2) is 0 Å². The van der Waals surface area contributed by atoms with Gasteiger partial charge in [-0.05, 0) is 25.1 Å². The number of carbonyl (C=O) groups excluding carboxylic acids is 3. The van der Waals surface area contributed by atoms with E-state index in [9.17, 15) is 14.4 Å². The van der Waals surface area contributed by atoms with Crippen LogP contribution < -0.4 is 5.32 Å². The number of halogens is 2. The lowest BCUT2D eigenvalue weighted by Gasteiger charge is -2.16. The molecule has 23 heavy (non-hydrogen) atoms. The van der Waals surface area contributed by atoms with Crippen LogP contribution in [0.25, 0.3) is 0 Å². The molecule has 5 nitrogen and oxygen atoms in total. The Morgan fingerprint density at radius 2 is 2.17 bits per heavy atom. The van der Waals surface area contributed by atoms with Crippen molar-refractivity contribution in [2.24, 2.45) is 0 Å². The highest BCUT2D eigenvalue weighted by Gasteiger charge is 2.29. The van der Waals surface area contributed by atoms with E-state index in [4.69, 9.17) is 23.2 Å². The van der Waals surface area contributed by atoms with Crippen LogP contribution in [0, 0.1) is 0 Å². The van der Waals surface area contributed by atoms with E-state index in [1.165, 1.54) is 11.8 Å². The summed E-state index contributed by atoms with van der Waals surface area (Å²) >= 11 is 14.3. The van der Waals surface area contributed by atoms with Gasteiger partial charge in [0.05, 0.1) is 16.0 Å². The molecule has 9 heteroatoms. The lowest BCUT2D eigenvalue weighted by atomic mass is 10.4. The zero-order valence-electron chi connectivity index (χ0n) is 12.2. The molecule has 0 bridgehead atoms. The summed E-state index contributed by atoms with van der Waals surface area (Å²) in [7, 11) is 0. The summed E-state index contributed by atoms with van der Waals surface area (Å²) in [4.78, 5) is 36.8. The van der Waals surface area contributed by atoms with Gasteiger partial charge in [-0.3, -0.25) is 19.3 Å². The number of nitrogens with one attached hydrogen (secondary N) is 1. The Morgan fingerprint density at radius 1 is 1.43 bits per heavy atom. The van der Waals surface area contributed by atoms with Gasteiger partial charge in [-0.25, -0.2) is 0 Å². The molecule has 124 valence electrons. The molecule has 0 aromatic heterocycles. The largest absolute Gasteiger partial charge is 0.353 e. The lowest BCUT2D eigenvalue weighted by molar-refractivity contribution is -0.125. The predicted octanol–water partition coefficient (Wildman–Crippen LogP) is 3.29. The average molecular weight is 393 g/mol. The first-order chi connectivity index (χ1) is 10.9. The Labute approximate surface area is 152 Å². The van der Waals surface area contributed by atoms with Crippen molar-refractivity contribution in [2.45, 2.75) is 17.1 Å². The minimum atomic E-state index is -0.384. The molecule has 1 saturated heterocycles. The van der Waals surface area contributed by atoms with Crippen LogP contribution in [-0.4, -0.2) is 46.0 Å². The molecule has 1 aromatic rings. The molecule has 1 aliphatic heterocycles. The van der Waals surface area contributed by atoms with Crippen LogP contribution in [0.1, 0.15) is 6.92 Å². The minimum Gasteiger partial charge on any atom is -0.353 e. The van der Waals surface area contributed by atoms with Crippen molar-refractivity contribution < 1.29 is 14.4 Å². The van der Waals surface area contributed by atoms with E-state index in [1.807, 2.05) is 0 Å². The third-order valence-electron chi connectivity index (χ3n) is 3.04. The number of rotatable bonds is 6. The molecule has 1 aromatic carbocycles. The van der Waals surface area contributed by atoms with E-state index < -0.39 is 0 Å². The van der Waals surface area contributed by atoms with Gasteiger partial charge in [-0.2, -0.15) is 0 Å². The fourth-order valence-electron chi connectivity index (χ4n) is 1.84. The summed E-state index contributed by atoms with van der Waals surface area (Å²) in [6.07, 6.45) is 0. The molecule has 1 heterocycles. The van der Waals surface area contributed by atoms with Gasteiger partial charge in [0.2, 0.25) is 11.8 Å². The zero-order chi connectivity index (χ0) is 17.0. The van der Waals surface area contributed by atoms with Gasteiger partial charge in [-0.1, -0.05) is 35.0 Å². The summed E-state index contributed by atoms with van der Waals surface area (Å²) < 4.78 is 0. The van der Waals surface area contributed by atoms with Crippen LogP contribution >= 0.6 is 46.7 Å². The highest BCUT2D eigenvalue weighted by atomic mass is 35.5. The Balaban J connectivity index is 1.82. The number of thioether (sulfide) groups is 2. The summed E-state index contributed by atoms with van der Waals surface area (Å²) in [6.45, 7) is 2.16. The summed E-state index contributed by atoms with van der Waals surface area (Å²) in [6, 6.07) is 5.07. The topological polar surface area (TPSA) is 66.5 Å². The lowest BCUT2D eigenvalue weighted by Crippen LogP contribution is -2.39. The van der Waals surface area contributed by atoms with E-state index >= 15 is 0 Å². The zero-order valence-corrected chi connectivity index (χ0v) is 15.3. The fraction of sp³-hybridized carbons (Fsp3) is 0.357. The first-order valence-electron chi connectivity index (χ1n) is 6.75. The van der Waals surface area contributed by atoms with Crippen LogP contribution in [0.5, 0.6) is 0 Å². The second-order valence-corrected chi connectivity index (χ2v) is 7.88. The van der Waals surface area contributed by atoms with Gasteiger partial charge in [-0.15, -0.1) is 11.8 Å². The number of amides is 3. The van der Waals surface area contributed by atoms with E-state index in [0.29, 0.717) is 10.0 Å². The number of benzene rings is 1. The Hall–Kier alpha value is -0.890. The van der Waals surface area contributed by atoms with Crippen molar-refractivity contribution in [1.82, 2.24) is 10.2 Å². The highest BCUT2D eigenvalue weighted by Crippen LogP contribution is 2.32. The van der Waals surface area contributed by atoms with Crippen molar-refractivity contribution in [3.8, 4) is 0 Å². The molecule has 2 rings (SSSR count). The molecule has 0 saturated carbocycles. The normalized spacial score (nSPS) is 15.9. The Morgan fingerprint density at radius 3 is 2.83 bits per heavy atom. The first-order valence-corrected chi connectivity index (χ1v) is 9.37. The molecule has 1 atom stereocenters. The molecular formula is C14H14Cl2N2O3S2. The second kappa shape index (κ2) is 8.28. The number of hydrogen-bond acceptors (Lipinski definition) is 5. The predicted molar refractivity (Wildman–Crippen MR) is 94.4 cm³/mol. The average Bonchev–Trinajstić information content (AvgIpc) is 2.82. The first kappa shape index (κ1) is 18.4. The van der Waals surface area contributed by atoms with Crippen LogP contribution in [0.4, 0.5) is 4.79 Å².